The van der Waals surface area contributed by atoms with Gasteiger partial charge in [0.1, 0.15) is 11.5 Å². The standard InChI is InChI=1S/C13H15N5O6/c19-11-8-17(14-7-10-1-2-12(24-10)18(21)22)13(20)16(11)9-15-3-5-23-6-4-15/h1-2,7H,3-6,8-9H2/b14-7-. The lowest BCUT2D eigenvalue weighted by Crippen LogP contribution is -2.46. The van der Waals surface area contributed by atoms with Crippen LogP contribution in [-0.2, 0) is 9.53 Å². The van der Waals surface area contributed by atoms with Crippen LogP contribution in [0.25, 0.3) is 0 Å². The monoisotopic (exact) mass is 337 g/mol. The Morgan fingerprint density at radius 1 is 1.29 bits per heavy atom. The van der Waals surface area contributed by atoms with Gasteiger partial charge in [-0.3, -0.25) is 19.8 Å². The van der Waals surface area contributed by atoms with Crippen molar-refractivity contribution in [3.05, 3.63) is 28.0 Å². The second-order valence-electron chi connectivity index (χ2n) is 5.21. The molecule has 0 aliphatic carbocycles. The lowest BCUT2D eigenvalue weighted by Gasteiger charge is -2.29. The molecule has 2 aliphatic rings. The first-order valence-corrected chi connectivity index (χ1v) is 7.25. The Morgan fingerprint density at radius 2 is 2.04 bits per heavy atom. The molecule has 128 valence electrons. The predicted octanol–water partition coefficient (Wildman–Crippen LogP) is 0.0756. The first-order valence-electron chi connectivity index (χ1n) is 7.25. The molecule has 1 aromatic rings. The summed E-state index contributed by atoms with van der Waals surface area (Å²) in [6.07, 6.45) is 1.16. The van der Waals surface area contributed by atoms with Crippen molar-refractivity contribution >= 4 is 24.0 Å². The highest BCUT2D eigenvalue weighted by Gasteiger charge is 2.37. The predicted molar refractivity (Wildman–Crippen MR) is 79.2 cm³/mol. The zero-order valence-electron chi connectivity index (χ0n) is 12.7. The van der Waals surface area contributed by atoms with Crippen LogP contribution in [0.2, 0.25) is 0 Å². The zero-order valence-corrected chi connectivity index (χ0v) is 12.7. The van der Waals surface area contributed by atoms with Crippen LogP contribution in [-0.4, -0.2) is 77.4 Å². The number of rotatable bonds is 5. The minimum absolute atomic E-state index is 0.119. The molecule has 2 aliphatic heterocycles. The molecular weight excluding hydrogens is 322 g/mol. The second kappa shape index (κ2) is 6.76. The second-order valence-corrected chi connectivity index (χ2v) is 5.21. The Balaban J connectivity index is 1.62. The molecule has 11 nitrogen and oxygen atoms in total. The van der Waals surface area contributed by atoms with Crippen LogP contribution in [0.15, 0.2) is 21.7 Å². The van der Waals surface area contributed by atoms with Crippen LogP contribution in [0.5, 0.6) is 0 Å². The summed E-state index contributed by atoms with van der Waals surface area (Å²) in [6, 6.07) is 2.00. The SMILES string of the molecule is O=C1CN(/N=C\c2ccc([N+](=O)[O-])o2)C(=O)N1CN1CCOCC1. The Labute approximate surface area is 136 Å². The van der Waals surface area contributed by atoms with E-state index < -0.39 is 16.8 Å². The minimum atomic E-state index is -0.675. The van der Waals surface area contributed by atoms with E-state index in [2.05, 4.69) is 5.10 Å². The number of urea groups is 1. The molecule has 11 heteroatoms. The molecule has 2 fully saturated rings. The Kier molecular flexibility index (Phi) is 4.53. The van der Waals surface area contributed by atoms with Crippen molar-refractivity contribution in [1.29, 1.82) is 0 Å². The number of hydrogen-bond donors (Lipinski definition) is 0. The minimum Gasteiger partial charge on any atom is -0.400 e. The van der Waals surface area contributed by atoms with Crippen molar-refractivity contribution in [3.8, 4) is 0 Å². The third-order valence-corrected chi connectivity index (χ3v) is 3.60. The topological polar surface area (TPSA) is 122 Å². The average molecular weight is 337 g/mol. The van der Waals surface area contributed by atoms with Gasteiger partial charge in [0.25, 0.3) is 5.91 Å². The number of ether oxygens (including phenoxy) is 1. The molecule has 24 heavy (non-hydrogen) atoms. The fourth-order valence-corrected chi connectivity index (χ4v) is 2.34. The van der Waals surface area contributed by atoms with E-state index in [-0.39, 0.29) is 24.9 Å². The van der Waals surface area contributed by atoms with Gasteiger partial charge in [-0.2, -0.15) is 5.10 Å². The van der Waals surface area contributed by atoms with E-state index in [0.717, 1.165) is 16.1 Å². The fraction of sp³-hybridized carbons (Fsp3) is 0.462. The number of carbonyl (C=O) groups excluding carboxylic acids is 2. The highest BCUT2D eigenvalue weighted by molar-refractivity contribution is 6.02. The van der Waals surface area contributed by atoms with Crippen LogP contribution in [0.4, 0.5) is 10.7 Å². The molecule has 0 radical (unpaired) electrons. The first-order chi connectivity index (χ1) is 11.5. The number of nitro groups is 1. The van der Waals surface area contributed by atoms with E-state index in [4.69, 9.17) is 9.15 Å². The van der Waals surface area contributed by atoms with Gasteiger partial charge in [0.15, 0.2) is 5.76 Å². The van der Waals surface area contributed by atoms with Gasteiger partial charge in [-0.25, -0.2) is 14.7 Å². The fourth-order valence-electron chi connectivity index (χ4n) is 2.34. The van der Waals surface area contributed by atoms with Crippen molar-refractivity contribution in [2.24, 2.45) is 5.10 Å². The van der Waals surface area contributed by atoms with Crippen LogP contribution in [0.1, 0.15) is 5.76 Å². The van der Waals surface area contributed by atoms with Crippen LogP contribution in [0, 0.1) is 10.1 Å². The molecule has 3 heterocycles. The summed E-state index contributed by atoms with van der Waals surface area (Å²) >= 11 is 0. The molecule has 3 rings (SSSR count). The smallest absolute Gasteiger partial charge is 0.400 e. The molecule has 0 saturated carbocycles. The van der Waals surface area contributed by atoms with Crippen LogP contribution >= 0.6 is 0 Å². The maximum atomic E-state index is 12.2. The Hall–Kier alpha value is -2.79. The summed E-state index contributed by atoms with van der Waals surface area (Å²) in [5.41, 5.74) is 0. The Morgan fingerprint density at radius 3 is 2.71 bits per heavy atom. The van der Waals surface area contributed by atoms with Crippen molar-refractivity contribution in [2.75, 3.05) is 39.5 Å². The highest BCUT2D eigenvalue weighted by Crippen LogP contribution is 2.16. The number of hydrazone groups is 1. The van der Waals surface area contributed by atoms with E-state index >= 15 is 0 Å². The number of amides is 3. The molecule has 0 N–H and O–H groups in total. The molecule has 3 amide bonds. The third-order valence-electron chi connectivity index (χ3n) is 3.60. The number of hydrogen-bond acceptors (Lipinski definition) is 8. The summed E-state index contributed by atoms with van der Waals surface area (Å²) in [4.78, 5) is 37.2. The quantitative estimate of drug-likeness (QED) is 0.322. The largest absolute Gasteiger partial charge is 0.433 e. The van der Waals surface area contributed by atoms with E-state index in [9.17, 15) is 19.7 Å². The summed E-state index contributed by atoms with van der Waals surface area (Å²) in [5.74, 6) is -0.656. The van der Waals surface area contributed by atoms with Gasteiger partial charge in [-0.1, -0.05) is 0 Å². The summed E-state index contributed by atoms with van der Waals surface area (Å²) in [5, 5.41) is 15.4. The summed E-state index contributed by atoms with van der Waals surface area (Å²) in [7, 11) is 0. The van der Waals surface area contributed by atoms with Crippen LogP contribution < -0.4 is 0 Å². The number of imide groups is 1. The lowest BCUT2D eigenvalue weighted by molar-refractivity contribution is -0.402. The number of carbonyl (C=O) groups is 2. The van der Waals surface area contributed by atoms with E-state index in [1.807, 2.05) is 4.90 Å². The van der Waals surface area contributed by atoms with E-state index in [1.54, 1.807) is 0 Å². The van der Waals surface area contributed by atoms with Gasteiger partial charge in [-0.05, 0) is 6.07 Å². The van der Waals surface area contributed by atoms with E-state index in [0.29, 0.717) is 26.3 Å². The maximum absolute atomic E-state index is 12.2. The van der Waals surface area contributed by atoms with Gasteiger partial charge in [0, 0.05) is 13.1 Å². The molecule has 2 saturated heterocycles. The summed E-state index contributed by atoms with van der Waals surface area (Å²) in [6.45, 7) is 2.44. The number of nitrogens with zero attached hydrogens (tertiary/aromatic N) is 5. The van der Waals surface area contributed by atoms with Gasteiger partial charge < -0.3 is 9.15 Å². The third kappa shape index (κ3) is 3.41. The molecule has 0 aromatic carbocycles. The normalized spacial score (nSPS) is 19.7. The van der Waals surface area contributed by atoms with Gasteiger partial charge in [0.05, 0.1) is 32.2 Å². The van der Waals surface area contributed by atoms with Crippen molar-refractivity contribution in [1.82, 2.24) is 14.8 Å². The lowest BCUT2D eigenvalue weighted by atomic mass is 10.4. The van der Waals surface area contributed by atoms with Crippen molar-refractivity contribution in [2.45, 2.75) is 0 Å². The first kappa shape index (κ1) is 16.1. The summed E-state index contributed by atoms with van der Waals surface area (Å²) < 4.78 is 10.1. The molecule has 1 aromatic heterocycles. The molecule has 0 atom stereocenters. The van der Waals surface area contributed by atoms with Crippen LogP contribution in [0.3, 0.4) is 0 Å². The molecule has 0 unspecified atom stereocenters. The van der Waals surface area contributed by atoms with Gasteiger partial charge in [0.2, 0.25) is 0 Å². The number of morpholine rings is 1. The zero-order chi connectivity index (χ0) is 17.1. The van der Waals surface area contributed by atoms with Crippen molar-refractivity contribution < 1.29 is 23.7 Å². The molecule has 0 bridgehead atoms. The van der Waals surface area contributed by atoms with Gasteiger partial charge in [-0.15, -0.1) is 0 Å². The van der Waals surface area contributed by atoms with Gasteiger partial charge >= 0.3 is 11.9 Å². The average Bonchev–Trinajstić information content (AvgIpc) is 3.14. The number of furan rings is 1. The highest BCUT2D eigenvalue weighted by atomic mass is 16.6. The molecular formula is C13H15N5O6. The molecule has 0 spiro atoms. The van der Waals surface area contributed by atoms with E-state index in [1.165, 1.54) is 12.1 Å². The maximum Gasteiger partial charge on any atom is 0.433 e. The van der Waals surface area contributed by atoms with Crippen molar-refractivity contribution in [3.63, 3.8) is 0 Å². The Bertz CT molecular complexity index is 680.